The fourth-order valence-corrected chi connectivity index (χ4v) is 5.75. The number of sulfonamides is 1. The van der Waals surface area contributed by atoms with E-state index in [0.29, 0.717) is 12.1 Å². The van der Waals surface area contributed by atoms with Crippen molar-refractivity contribution >= 4 is 15.9 Å². The first kappa shape index (κ1) is 22.2. The lowest BCUT2D eigenvalue weighted by Gasteiger charge is -2.32. The SMILES string of the molecule is C[C@H](NC(=O)c1ccc(S(=O)(=O)N2CCCC[C@H]2C)cc1)c1ccc(-n2ccnc2)cc1. The maximum atomic E-state index is 13.0. The molecule has 32 heavy (non-hydrogen) atoms. The van der Waals surface area contributed by atoms with Crippen LogP contribution in [0.4, 0.5) is 0 Å². The molecular weight excluding hydrogens is 424 g/mol. The quantitative estimate of drug-likeness (QED) is 0.614. The second kappa shape index (κ2) is 9.26. The van der Waals surface area contributed by atoms with Gasteiger partial charge in [0.05, 0.1) is 17.3 Å². The third kappa shape index (κ3) is 4.61. The van der Waals surface area contributed by atoms with Gasteiger partial charge in [0.15, 0.2) is 0 Å². The van der Waals surface area contributed by atoms with Crippen LogP contribution in [0.2, 0.25) is 0 Å². The monoisotopic (exact) mass is 452 g/mol. The fraction of sp³-hybridized carbons (Fsp3) is 0.333. The van der Waals surface area contributed by atoms with Gasteiger partial charge in [-0.1, -0.05) is 18.6 Å². The number of hydrogen-bond acceptors (Lipinski definition) is 4. The highest BCUT2D eigenvalue weighted by molar-refractivity contribution is 7.89. The van der Waals surface area contributed by atoms with Crippen LogP contribution in [0.25, 0.3) is 5.69 Å². The van der Waals surface area contributed by atoms with Gasteiger partial charge in [0.1, 0.15) is 0 Å². The Labute approximate surface area is 189 Å². The lowest BCUT2D eigenvalue weighted by Crippen LogP contribution is -2.41. The van der Waals surface area contributed by atoms with Crippen LogP contribution in [0.3, 0.4) is 0 Å². The summed E-state index contributed by atoms with van der Waals surface area (Å²) in [4.78, 5) is 17.0. The third-order valence-electron chi connectivity index (χ3n) is 6.01. The van der Waals surface area contributed by atoms with E-state index in [9.17, 15) is 13.2 Å². The van der Waals surface area contributed by atoms with Crippen molar-refractivity contribution in [2.75, 3.05) is 6.54 Å². The smallest absolute Gasteiger partial charge is 0.251 e. The van der Waals surface area contributed by atoms with E-state index < -0.39 is 10.0 Å². The Hall–Kier alpha value is -2.97. The van der Waals surface area contributed by atoms with Gasteiger partial charge >= 0.3 is 0 Å². The molecule has 1 saturated heterocycles. The highest BCUT2D eigenvalue weighted by Crippen LogP contribution is 2.25. The molecule has 0 radical (unpaired) electrons. The lowest BCUT2D eigenvalue weighted by atomic mass is 10.1. The van der Waals surface area contributed by atoms with E-state index in [1.165, 1.54) is 12.1 Å². The van der Waals surface area contributed by atoms with E-state index >= 15 is 0 Å². The number of imidazole rings is 1. The molecule has 0 saturated carbocycles. The second-order valence-electron chi connectivity index (χ2n) is 8.24. The highest BCUT2D eigenvalue weighted by atomic mass is 32.2. The zero-order chi connectivity index (χ0) is 22.7. The number of hydrogen-bond donors (Lipinski definition) is 1. The van der Waals surface area contributed by atoms with Gasteiger partial charge in [-0.2, -0.15) is 4.31 Å². The van der Waals surface area contributed by atoms with Crippen molar-refractivity contribution in [2.24, 2.45) is 0 Å². The Morgan fingerprint density at radius 2 is 1.81 bits per heavy atom. The molecule has 2 heterocycles. The number of aromatic nitrogens is 2. The summed E-state index contributed by atoms with van der Waals surface area (Å²) in [5.74, 6) is -0.244. The summed E-state index contributed by atoms with van der Waals surface area (Å²) in [5, 5.41) is 2.98. The first-order chi connectivity index (χ1) is 15.4. The van der Waals surface area contributed by atoms with Gasteiger partial charge in [0.25, 0.3) is 5.91 Å². The van der Waals surface area contributed by atoms with Crippen LogP contribution >= 0.6 is 0 Å². The zero-order valence-corrected chi connectivity index (χ0v) is 19.1. The second-order valence-corrected chi connectivity index (χ2v) is 10.1. The normalized spacial score (nSPS) is 18.2. The number of piperidine rings is 1. The molecule has 1 aromatic heterocycles. The molecule has 0 bridgehead atoms. The molecule has 0 aliphatic carbocycles. The number of benzene rings is 2. The molecule has 7 nitrogen and oxygen atoms in total. The Balaban J connectivity index is 1.42. The standard InChI is InChI=1S/C24H28N4O3S/c1-18-5-3-4-15-28(18)32(30,31)23-12-8-21(9-13-23)24(29)26-19(2)20-6-10-22(11-7-20)27-16-14-25-17-27/h6-14,16-19H,3-5,15H2,1-2H3,(H,26,29)/t18-,19+/m1/s1. The number of carbonyl (C=O) groups excluding carboxylic acids is 1. The van der Waals surface area contributed by atoms with Gasteiger partial charge in [0.2, 0.25) is 10.0 Å². The average molecular weight is 453 g/mol. The summed E-state index contributed by atoms with van der Waals surface area (Å²) in [6.45, 7) is 4.41. The summed E-state index contributed by atoms with van der Waals surface area (Å²) < 4.78 is 29.4. The van der Waals surface area contributed by atoms with Gasteiger partial charge in [-0.3, -0.25) is 4.79 Å². The van der Waals surface area contributed by atoms with Gasteiger partial charge in [-0.15, -0.1) is 0 Å². The first-order valence-electron chi connectivity index (χ1n) is 10.9. The van der Waals surface area contributed by atoms with E-state index in [1.54, 1.807) is 29.0 Å². The number of nitrogens with zero attached hydrogens (tertiary/aromatic N) is 3. The van der Waals surface area contributed by atoms with E-state index in [-0.39, 0.29) is 22.9 Å². The molecule has 2 aromatic carbocycles. The summed E-state index contributed by atoms with van der Waals surface area (Å²) in [7, 11) is -3.55. The van der Waals surface area contributed by atoms with Gasteiger partial charge in [-0.25, -0.2) is 13.4 Å². The molecule has 0 unspecified atom stereocenters. The van der Waals surface area contributed by atoms with Crippen LogP contribution in [0.1, 0.15) is 55.1 Å². The summed E-state index contributed by atoms with van der Waals surface area (Å²) in [5.41, 5.74) is 2.39. The molecule has 168 valence electrons. The minimum absolute atomic E-state index is 0.00209. The Morgan fingerprint density at radius 1 is 1.09 bits per heavy atom. The fourth-order valence-electron chi connectivity index (χ4n) is 4.05. The van der Waals surface area contributed by atoms with Crippen molar-refractivity contribution in [3.8, 4) is 5.69 Å². The van der Waals surface area contributed by atoms with Crippen LogP contribution in [-0.4, -0.2) is 40.8 Å². The van der Waals surface area contributed by atoms with Crippen LogP contribution in [0, 0.1) is 0 Å². The molecule has 8 heteroatoms. The van der Waals surface area contributed by atoms with Gasteiger partial charge in [0, 0.05) is 36.2 Å². The van der Waals surface area contributed by atoms with Crippen molar-refractivity contribution in [2.45, 2.75) is 50.1 Å². The van der Waals surface area contributed by atoms with Crippen molar-refractivity contribution in [1.29, 1.82) is 0 Å². The Morgan fingerprint density at radius 3 is 2.44 bits per heavy atom. The van der Waals surface area contributed by atoms with Gasteiger partial charge in [-0.05, 0) is 68.7 Å². The van der Waals surface area contributed by atoms with Crippen molar-refractivity contribution in [3.05, 3.63) is 78.4 Å². The highest BCUT2D eigenvalue weighted by Gasteiger charge is 2.30. The van der Waals surface area contributed by atoms with Gasteiger partial charge < -0.3 is 9.88 Å². The number of rotatable bonds is 6. The minimum atomic E-state index is -3.55. The molecular formula is C24H28N4O3S. The van der Waals surface area contributed by atoms with E-state index in [2.05, 4.69) is 10.3 Å². The summed E-state index contributed by atoms with van der Waals surface area (Å²) in [6, 6.07) is 13.9. The number of amides is 1. The van der Waals surface area contributed by atoms with Crippen LogP contribution in [0.5, 0.6) is 0 Å². The van der Waals surface area contributed by atoms with E-state index in [4.69, 9.17) is 0 Å². The molecule has 1 fully saturated rings. The van der Waals surface area contributed by atoms with Crippen molar-refractivity contribution < 1.29 is 13.2 Å². The molecule has 1 N–H and O–H groups in total. The molecule has 1 amide bonds. The zero-order valence-electron chi connectivity index (χ0n) is 18.3. The maximum Gasteiger partial charge on any atom is 0.251 e. The van der Waals surface area contributed by atoms with Crippen LogP contribution < -0.4 is 5.32 Å². The van der Waals surface area contributed by atoms with Crippen molar-refractivity contribution in [3.63, 3.8) is 0 Å². The third-order valence-corrected chi connectivity index (χ3v) is 8.04. The van der Waals surface area contributed by atoms with Crippen molar-refractivity contribution in [1.82, 2.24) is 19.2 Å². The molecule has 0 spiro atoms. The first-order valence-corrected chi connectivity index (χ1v) is 12.3. The van der Waals surface area contributed by atoms with E-state index in [0.717, 1.165) is 30.5 Å². The summed E-state index contributed by atoms with van der Waals surface area (Å²) >= 11 is 0. The average Bonchev–Trinajstić information content (AvgIpc) is 3.34. The Kier molecular flexibility index (Phi) is 6.43. The number of carbonyl (C=O) groups is 1. The Bertz CT molecular complexity index is 1160. The van der Waals surface area contributed by atoms with Crippen LogP contribution in [0.15, 0.2) is 72.1 Å². The summed E-state index contributed by atoms with van der Waals surface area (Å²) in [6.07, 6.45) is 8.13. The van der Waals surface area contributed by atoms with E-state index in [1.807, 2.05) is 48.9 Å². The lowest BCUT2D eigenvalue weighted by molar-refractivity contribution is 0.0939. The van der Waals surface area contributed by atoms with Crippen LogP contribution in [-0.2, 0) is 10.0 Å². The number of nitrogens with one attached hydrogen (secondary N) is 1. The molecule has 1 aliphatic heterocycles. The molecule has 3 aromatic rings. The predicted octanol–water partition coefficient (Wildman–Crippen LogP) is 3.93. The molecule has 1 aliphatic rings. The topological polar surface area (TPSA) is 84.3 Å². The largest absolute Gasteiger partial charge is 0.346 e. The molecule has 4 rings (SSSR count). The molecule has 2 atom stereocenters. The maximum absolute atomic E-state index is 13.0. The minimum Gasteiger partial charge on any atom is -0.346 e. The predicted molar refractivity (Wildman–Crippen MR) is 123 cm³/mol.